The van der Waals surface area contributed by atoms with Gasteiger partial charge >= 0.3 is 11.6 Å². The molecule has 4 rings (SSSR count). The number of aromatic nitrogens is 1. The molecule has 0 radical (unpaired) electrons. The molecule has 0 amide bonds. The van der Waals surface area contributed by atoms with Crippen molar-refractivity contribution in [3.05, 3.63) is 76.6 Å². The Morgan fingerprint density at radius 3 is 2.38 bits per heavy atom. The van der Waals surface area contributed by atoms with E-state index < -0.39 is 0 Å². The fourth-order valence-corrected chi connectivity index (χ4v) is 3.80. The fraction of sp³-hybridized carbons (Fsp3) is 0.0526. The number of nitrogens with one attached hydrogen (secondary N) is 1. The highest BCUT2D eigenvalue weighted by Gasteiger charge is 2.16. The number of para-hydroxylation sites is 1. The number of fused-ring (bicyclic) bond motifs is 1. The standard InChI is InChI=1S/C19H14N2O2S/c1-12-15-17(24-16(12)13-8-4-2-5-9-13)21-19(23-18(15)22)20-14-10-6-3-7-11-14/h2-11H,1H3,(H,20,21). The second kappa shape index (κ2) is 5.94. The number of aryl methyl sites for hydroxylation is 1. The van der Waals surface area contributed by atoms with Gasteiger partial charge in [-0.2, -0.15) is 4.98 Å². The van der Waals surface area contributed by atoms with Gasteiger partial charge in [-0.15, -0.1) is 11.3 Å². The van der Waals surface area contributed by atoms with Gasteiger partial charge < -0.3 is 9.73 Å². The average Bonchev–Trinajstić information content (AvgIpc) is 2.94. The van der Waals surface area contributed by atoms with Crippen LogP contribution in [0.15, 0.2) is 69.9 Å². The van der Waals surface area contributed by atoms with E-state index in [0.29, 0.717) is 10.2 Å². The van der Waals surface area contributed by atoms with Crippen molar-refractivity contribution in [1.82, 2.24) is 4.98 Å². The Hall–Kier alpha value is -2.92. The summed E-state index contributed by atoms with van der Waals surface area (Å²) in [5, 5.41) is 3.59. The van der Waals surface area contributed by atoms with E-state index in [-0.39, 0.29) is 11.6 Å². The highest BCUT2D eigenvalue weighted by molar-refractivity contribution is 7.22. The van der Waals surface area contributed by atoms with Crippen molar-refractivity contribution in [3.8, 4) is 10.4 Å². The molecular weight excluding hydrogens is 320 g/mol. The Bertz CT molecular complexity index is 1050. The van der Waals surface area contributed by atoms with Crippen LogP contribution >= 0.6 is 11.3 Å². The lowest BCUT2D eigenvalue weighted by molar-refractivity contribution is 0.522. The van der Waals surface area contributed by atoms with E-state index in [1.165, 1.54) is 11.3 Å². The first-order valence-corrected chi connectivity index (χ1v) is 8.36. The molecule has 24 heavy (non-hydrogen) atoms. The zero-order valence-electron chi connectivity index (χ0n) is 12.9. The van der Waals surface area contributed by atoms with Crippen LogP contribution in [-0.2, 0) is 0 Å². The van der Waals surface area contributed by atoms with Crippen LogP contribution in [0.4, 0.5) is 11.7 Å². The van der Waals surface area contributed by atoms with Crippen LogP contribution in [0.1, 0.15) is 5.56 Å². The van der Waals surface area contributed by atoms with Gasteiger partial charge in [-0.05, 0) is 30.2 Å². The molecule has 1 N–H and O–H groups in total. The lowest BCUT2D eigenvalue weighted by Gasteiger charge is -2.02. The maximum Gasteiger partial charge on any atom is 0.349 e. The van der Waals surface area contributed by atoms with Gasteiger partial charge in [-0.3, -0.25) is 0 Å². The van der Waals surface area contributed by atoms with Gasteiger partial charge in [0.1, 0.15) is 10.2 Å². The zero-order valence-corrected chi connectivity index (χ0v) is 13.8. The molecule has 0 atom stereocenters. The van der Waals surface area contributed by atoms with Gasteiger partial charge in [-0.1, -0.05) is 48.5 Å². The number of anilines is 2. The first kappa shape index (κ1) is 14.7. The largest absolute Gasteiger partial charge is 0.388 e. The molecule has 0 bridgehead atoms. The van der Waals surface area contributed by atoms with Gasteiger partial charge in [0.25, 0.3) is 0 Å². The maximum absolute atomic E-state index is 12.4. The monoisotopic (exact) mass is 334 g/mol. The number of benzene rings is 2. The van der Waals surface area contributed by atoms with Crippen molar-refractivity contribution in [3.63, 3.8) is 0 Å². The fourth-order valence-electron chi connectivity index (χ4n) is 2.63. The molecule has 0 spiro atoms. The van der Waals surface area contributed by atoms with Gasteiger partial charge in [0, 0.05) is 10.6 Å². The van der Waals surface area contributed by atoms with Crippen LogP contribution in [0.2, 0.25) is 0 Å². The van der Waals surface area contributed by atoms with Crippen molar-refractivity contribution in [2.45, 2.75) is 6.92 Å². The molecule has 4 aromatic rings. The van der Waals surface area contributed by atoms with Gasteiger partial charge in [0.05, 0.1) is 0 Å². The summed E-state index contributed by atoms with van der Waals surface area (Å²) in [7, 11) is 0. The third-order valence-corrected chi connectivity index (χ3v) is 5.02. The molecular formula is C19H14N2O2S. The molecule has 5 heteroatoms. The molecule has 0 aliphatic rings. The second-order valence-electron chi connectivity index (χ2n) is 5.40. The van der Waals surface area contributed by atoms with Crippen molar-refractivity contribution in [2.24, 2.45) is 0 Å². The van der Waals surface area contributed by atoms with Crippen LogP contribution in [0.3, 0.4) is 0 Å². The van der Waals surface area contributed by atoms with E-state index in [2.05, 4.69) is 10.3 Å². The molecule has 0 unspecified atom stereocenters. The van der Waals surface area contributed by atoms with Crippen LogP contribution in [0.5, 0.6) is 0 Å². The van der Waals surface area contributed by atoms with Crippen LogP contribution in [0.25, 0.3) is 20.7 Å². The SMILES string of the molecule is Cc1c(-c2ccccc2)sc2nc(Nc3ccccc3)oc(=O)c12. The molecule has 0 saturated heterocycles. The number of hydrogen-bond donors (Lipinski definition) is 1. The minimum atomic E-state index is -0.366. The predicted octanol–water partition coefficient (Wildman–Crippen LogP) is 4.97. The van der Waals surface area contributed by atoms with Gasteiger partial charge in [0.2, 0.25) is 0 Å². The third-order valence-electron chi connectivity index (χ3n) is 3.79. The Balaban J connectivity index is 1.83. The zero-order chi connectivity index (χ0) is 16.5. The van der Waals surface area contributed by atoms with E-state index in [0.717, 1.165) is 21.7 Å². The summed E-state index contributed by atoms with van der Waals surface area (Å²) >= 11 is 1.50. The van der Waals surface area contributed by atoms with E-state index in [1.54, 1.807) is 0 Å². The molecule has 118 valence electrons. The Morgan fingerprint density at radius 1 is 1.00 bits per heavy atom. The van der Waals surface area contributed by atoms with Crippen molar-refractivity contribution < 1.29 is 4.42 Å². The topological polar surface area (TPSA) is 55.1 Å². The molecule has 2 aromatic heterocycles. The minimum Gasteiger partial charge on any atom is -0.388 e. The maximum atomic E-state index is 12.4. The summed E-state index contributed by atoms with van der Waals surface area (Å²) in [6.07, 6.45) is 0. The van der Waals surface area contributed by atoms with Crippen LogP contribution in [-0.4, -0.2) is 4.98 Å². The van der Waals surface area contributed by atoms with Crippen LogP contribution in [0, 0.1) is 6.92 Å². The highest BCUT2D eigenvalue weighted by Crippen LogP contribution is 2.36. The van der Waals surface area contributed by atoms with Gasteiger partial charge in [-0.25, -0.2) is 4.79 Å². The van der Waals surface area contributed by atoms with Gasteiger partial charge in [0.15, 0.2) is 0 Å². The van der Waals surface area contributed by atoms with E-state index in [4.69, 9.17) is 4.42 Å². The van der Waals surface area contributed by atoms with Crippen molar-refractivity contribution in [2.75, 3.05) is 5.32 Å². The van der Waals surface area contributed by atoms with Crippen molar-refractivity contribution in [1.29, 1.82) is 0 Å². The number of thiophene rings is 1. The normalized spacial score (nSPS) is 10.9. The molecule has 2 heterocycles. The van der Waals surface area contributed by atoms with E-state index in [9.17, 15) is 4.79 Å². The molecule has 0 fully saturated rings. The average molecular weight is 334 g/mol. The minimum absolute atomic E-state index is 0.208. The number of rotatable bonds is 3. The summed E-state index contributed by atoms with van der Waals surface area (Å²) in [4.78, 5) is 18.6. The molecule has 0 aliphatic heterocycles. The van der Waals surface area contributed by atoms with Crippen molar-refractivity contribution >= 4 is 33.3 Å². The predicted molar refractivity (Wildman–Crippen MR) is 98.1 cm³/mol. The lowest BCUT2D eigenvalue weighted by Crippen LogP contribution is -2.04. The van der Waals surface area contributed by atoms with E-state index >= 15 is 0 Å². The first-order chi connectivity index (χ1) is 11.7. The number of hydrogen-bond acceptors (Lipinski definition) is 5. The molecule has 4 nitrogen and oxygen atoms in total. The highest BCUT2D eigenvalue weighted by atomic mass is 32.1. The molecule has 2 aromatic carbocycles. The smallest absolute Gasteiger partial charge is 0.349 e. The Labute approximate surface area is 142 Å². The first-order valence-electron chi connectivity index (χ1n) is 7.54. The van der Waals surface area contributed by atoms with Crippen LogP contribution < -0.4 is 10.9 Å². The molecule has 0 saturated carbocycles. The Kier molecular flexibility index (Phi) is 3.63. The quantitative estimate of drug-likeness (QED) is 0.575. The summed E-state index contributed by atoms with van der Waals surface area (Å²) in [6.45, 7) is 1.93. The summed E-state index contributed by atoms with van der Waals surface area (Å²) < 4.78 is 5.35. The summed E-state index contributed by atoms with van der Waals surface area (Å²) in [5.41, 5.74) is 2.45. The lowest BCUT2D eigenvalue weighted by atomic mass is 10.1. The second-order valence-corrected chi connectivity index (χ2v) is 6.40. The Morgan fingerprint density at radius 2 is 1.67 bits per heavy atom. The molecule has 0 aliphatic carbocycles. The summed E-state index contributed by atoms with van der Waals surface area (Å²) in [6, 6.07) is 19.7. The van der Waals surface area contributed by atoms with E-state index in [1.807, 2.05) is 67.6 Å². The summed E-state index contributed by atoms with van der Waals surface area (Å²) in [5.74, 6) is 0. The third kappa shape index (κ3) is 2.59. The number of nitrogens with zero attached hydrogens (tertiary/aromatic N) is 1.